The van der Waals surface area contributed by atoms with Crippen molar-refractivity contribution in [1.82, 2.24) is 5.32 Å². The van der Waals surface area contributed by atoms with Crippen molar-refractivity contribution >= 4 is 5.91 Å². The highest BCUT2D eigenvalue weighted by atomic mass is 16.8. The molecule has 19 heteroatoms. The van der Waals surface area contributed by atoms with Gasteiger partial charge < -0.3 is 89.9 Å². The molecule has 3 aliphatic rings. The van der Waals surface area contributed by atoms with Crippen LogP contribution < -0.4 is 5.32 Å². The molecule has 0 radical (unpaired) electrons. The number of aliphatic hydroxyl groups excluding tert-OH is 11. The van der Waals surface area contributed by atoms with E-state index < -0.39 is 124 Å². The van der Waals surface area contributed by atoms with Gasteiger partial charge in [-0.2, -0.15) is 0 Å². The maximum atomic E-state index is 13.4. The first kappa shape index (κ1) is 90.4. The van der Waals surface area contributed by atoms with Crippen molar-refractivity contribution in [3.63, 3.8) is 0 Å². The lowest BCUT2D eigenvalue weighted by molar-refractivity contribution is -0.379. The van der Waals surface area contributed by atoms with E-state index >= 15 is 0 Å². The number of nitrogens with one attached hydrogen (secondary N) is 1. The van der Waals surface area contributed by atoms with Crippen LogP contribution in [0.4, 0.5) is 0 Å². The van der Waals surface area contributed by atoms with Crippen LogP contribution in [0.25, 0.3) is 0 Å². The first-order valence-electron chi connectivity index (χ1n) is 39.7. The molecule has 3 fully saturated rings. The van der Waals surface area contributed by atoms with E-state index in [4.69, 9.17) is 28.4 Å². The summed E-state index contributed by atoms with van der Waals surface area (Å²) >= 11 is 0. The number of hydrogen-bond acceptors (Lipinski definition) is 18. The van der Waals surface area contributed by atoms with Gasteiger partial charge in [0.2, 0.25) is 5.91 Å². The van der Waals surface area contributed by atoms with Crippen molar-refractivity contribution in [1.29, 1.82) is 0 Å². The SMILES string of the molecule is CC/C=C\C/C=C\C/C=C\C/C=C\C/C=C\CCCCCCCCCCCCCCCCCCCCCCCCCCCC(=O)NC(COC1OC(CO)C(OC2OC(CO)C(OC3OC(CO)C(O)C(O)C3O)C(O)C2O)C(O)C1O)C(O)/C=C/CCCCCCCCCCCCC. The molecule has 3 saturated heterocycles. The quantitative estimate of drug-likeness (QED) is 0.0199. The Balaban J connectivity index is 1.27. The monoisotopic (exact) mass is 1410 g/mol. The molecule has 99 heavy (non-hydrogen) atoms. The Morgan fingerprint density at radius 2 is 0.697 bits per heavy atom. The minimum atomic E-state index is -1.98. The molecule has 19 nitrogen and oxygen atoms in total. The van der Waals surface area contributed by atoms with Gasteiger partial charge in [0.1, 0.15) is 73.2 Å². The third-order valence-electron chi connectivity index (χ3n) is 19.5. The van der Waals surface area contributed by atoms with E-state index in [1.165, 1.54) is 193 Å². The summed E-state index contributed by atoms with van der Waals surface area (Å²) in [5.74, 6) is -0.272. The van der Waals surface area contributed by atoms with E-state index in [1.54, 1.807) is 6.08 Å². The molecule has 0 aromatic heterocycles. The van der Waals surface area contributed by atoms with Crippen molar-refractivity contribution in [2.24, 2.45) is 0 Å². The minimum absolute atomic E-state index is 0.245. The Hall–Kier alpha value is -2.77. The fraction of sp³-hybridized carbons (Fsp3) is 0.838. The topological polar surface area (TPSA) is 307 Å². The van der Waals surface area contributed by atoms with Gasteiger partial charge in [0.15, 0.2) is 18.9 Å². The summed E-state index contributed by atoms with van der Waals surface area (Å²) in [6.07, 6.45) is 52.1. The van der Waals surface area contributed by atoms with E-state index in [2.05, 4.69) is 79.9 Å². The molecule has 17 atom stereocenters. The maximum Gasteiger partial charge on any atom is 0.220 e. The van der Waals surface area contributed by atoms with Crippen LogP contribution in [0.3, 0.4) is 0 Å². The van der Waals surface area contributed by atoms with Gasteiger partial charge in [-0.1, -0.05) is 299 Å². The van der Waals surface area contributed by atoms with Crippen LogP contribution in [0.15, 0.2) is 72.9 Å². The zero-order valence-electron chi connectivity index (χ0n) is 61.5. The summed E-state index contributed by atoms with van der Waals surface area (Å²) in [7, 11) is 0. The summed E-state index contributed by atoms with van der Waals surface area (Å²) in [6, 6.07) is -0.972. The smallest absolute Gasteiger partial charge is 0.220 e. The largest absolute Gasteiger partial charge is 0.394 e. The molecule has 1 amide bonds. The average molecular weight is 1410 g/mol. The number of ether oxygens (including phenoxy) is 6. The van der Waals surface area contributed by atoms with E-state index in [1.807, 2.05) is 6.08 Å². The number of allylic oxidation sites excluding steroid dienone is 11. The van der Waals surface area contributed by atoms with Gasteiger partial charge in [-0.3, -0.25) is 4.79 Å². The van der Waals surface area contributed by atoms with Crippen LogP contribution in [0.2, 0.25) is 0 Å². The van der Waals surface area contributed by atoms with Gasteiger partial charge >= 0.3 is 0 Å². The molecular formula is C80H143NO18. The summed E-state index contributed by atoms with van der Waals surface area (Å²) in [5.41, 5.74) is 0. The van der Waals surface area contributed by atoms with E-state index in [9.17, 15) is 61.0 Å². The Bertz CT molecular complexity index is 2070. The third kappa shape index (κ3) is 40.9. The maximum absolute atomic E-state index is 13.4. The molecule has 0 spiro atoms. The zero-order valence-corrected chi connectivity index (χ0v) is 61.5. The third-order valence-corrected chi connectivity index (χ3v) is 19.5. The van der Waals surface area contributed by atoms with E-state index in [0.29, 0.717) is 6.42 Å². The average Bonchev–Trinajstić information content (AvgIpc) is 0.785. The van der Waals surface area contributed by atoms with Crippen molar-refractivity contribution in [3.8, 4) is 0 Å². The first-order valence-corrected chi connectivity index (χ1v) is 39.7. The lowest BCUT2D eigenvalue weighted by atomic mass is 9.96. The number of carbonyl (C=O) groups is 1. The molecule has 17 unspecified atom stereocenters. The Kier molecular flexibility index (Phi) is 55.3. The normalized spacial score (nSPS) is 27.0. The van der Waals surface area contributed by atoms with Gasteiger partial charge in [-0.25, -0.2) is 0 Å². The molecule has 0 bridgehead atoms. The van der Waals surface area contributed by atoms with Gasteiger partial charge in [-0.05, 0) is 64.2 Å². The Morgan fingerprint density at radius 3 is 1.09 bits per heavy atom. The van der Waals surface area contributed by atoms with Gasteiger partial charge in [0.25, 0.3) is 0 Å². The summed E-state index contributed by atoms with van der Waals surface area (Å²) < 4.78 is 34.4. The molecule has 576 valence electrons. The van der Waals surface area contributed by atoms with Gasteiger partial charge in [-0.15, -0.1) is 0 Å². The molecule has 0 aromatic rings. The molecule has 3 rings (SSSR count). The molecule has 0 aromatic carbocycles. The van der Waals surface area contributed by atoms with E-state index in [0.717, 1.165) is 77.0 Å². The van der Waals surface area contributed by atoms with Crippen LogP contribution in [0, 0.1) is 0 Å². The van der Waals surface area contributed by atoms with Crippen molar-refractivity contribution in [2.75, 3.05) is 26.4 Å². The fourth-order valence-electron chi connectivity index (χ4n) is 13.2. The van der Waals surface area contributed by atoms with Crippen LogP contribution >= 0.6 is 0 Å². The molecular weight excluding hydrogens is 1260 g/mol. The Labute approximate surface area is 598 Å². The predicted molar refractivity (Wildman–Crippen MR) is 392 cm³/mol. The number of aliphatic hydroxyl groups is 11. The second kappa shape index (κ2) is 60.5. The summed E-state index contributed by atoms with van der Waals surface area (Å²) in [6.45, 7) is 1.63. The minimum Gasteiger partial charge on any atom is -0.394 e. The lowest BCUT2D eigenvalue weighted by Gasteiger charge is -2.48. The number of hydrogen-bond donors (Lipinski definition) is 12. The van der Waals surface area contributed by atoms with Crippen molar-refractivity contribution in [2.45, 2.75) is 401 Å². The van der Waals surface area contributed by atoms with Crippen molar-refractivity contribution in [3.05, 3.63) is 72.9 Å². The number of unbranched alkanes of at least 4 members (excludes halogenated alkanes) is 36. The molecule has 12 N–H and O–H groups in total. The second-order valence-corrected chi connectivity index (χ2v) is 28.1. The highest BCUT2D eigenvalue weighted by Gasteiger charge is 2.53. The number of amides is 1. The highest BCUT2D eigenvalue weighted by Crippen LogP contribution is 2.33. The van der Waals surface area contributed by atoms with Crippen LogP contribution in [-0.2, 0) is 33.2 Å². The standard InChI is InChI=1S/C80H143NO18/c1-3-5-7-9-11-13-15-17-18-19-20-21-22-23-24-25-26-27-28-29-30-31-32-33-34-35-36-37-38-39-40-41-42-43-44-46-48-50-52-54-56-58-68(86)81-63(64(85)57-55-53-51-49-47-45-16-14-12-10-8-6-4-2)62-94-78-74(92)71(89)76(66(60-83)96-78)99-80-75(93)72(90)77(67(61-84)97-80)98-79-73(91)70(88)69(87)65(59-82)95-79/h5,7,11,13,17-18,20-21,23-24,55,57,63-67,69-80,82-85,87-93H,3-4,6,8-10,12,14-16,19,22,25-54,56,58-62H2,1-2H3,(H,81,86)/b7-5-,13-11-,18-17-,21-20-,24-23-,57-55+. The summed E-state index contributed by atoms with van der Waals surface area (Å²) in [4.78, 5) is 13.4. The van der Waals surface area contributed by atoms with Crippen LogP contribution in [0.1, 0.15) is 296 Å². The Morgan fingerprint density at radius 1 is 0.374 bits per heavy atom. The predicted octanol–water partition coefficient (Wildman–Crippen LogP) is 12.8. The highest BCUT2D eigenvalue weighted by molar-refractivity contribution is 5.76. The van der Waals surface area contributed by atoms with Crippen LogP contribution in [0.5, 0.6) is 0 Å². The zero-order chi connectivity index (χ0) is 71.8. The molecule has 3 heterocycles. The fourth-order valence-corrected chi connectivity index (χ4v) is 13.2. The van der Waals surface area contributed by atoms with Crippen LogP contribution in [-0.4, -0.2) is 193 Å². The van der Waals surface area contributed by atoms with Gasteiger partial charge in [0, 0.05) is 6.42 Å². The molecule has 3 aliphatic heterocycles. The lowest BCUT2D eigenvalue weighted by Crippen LogP contribution is -2.66. The number of rotatable bonds is 62. The van der Waals surface area contributed by atoms with Crippen molar-refractivity contribution < 1.29 is 89.4 Å². The van der Waals surface area contributed by atoms with E-state index in [-0.39, 0.29) is 18.9 Å². The molecule has 0 saturated carbocycles. The number of carbonyl (C=O) groups excluding carboxylic acids is 1. The van der Waals surface area contributed by atoms with Gasteiger partial charge in [0.05, 0.1) is 38.6 Å². The second-order valence-electron chi connectivity index (χ2n) is 28.1. The molecule has 0 aliphatic carbocycles. The first-order chi connectivity index (χ1) is 48.3. The summed E-state index contributed by atoms with van der Waals surface area (Å²) in [5, 5.41) is 121.